The minimum atomic E-state index is 1.01. The number of aryl methyl sites for hydroxylation is 1. The van der Waals surface area contributed by atoms with Gasteiger partial charge in [0, 0.05) is 0 Å². The van der Waals surface area contributed by atoms with Crippen molar-refractivity contribution in [3.8, 4) is 11.1 Å². The van der Waals surface area contributed by atoms with Gasteiger partial charge < -0.3 is 0 Å². The van der Waals surface area contributed by atoms with Crippen molar-refractivity contribution in [2.24, 2.45) is 0 Å². The van der Waals surface area contributed by atoms with Crippen LogP contribution in [-0.2, 0) is 0 Å². The lowest BCUT2D eigenvalue weighted by molar-refractivity contribution is 0.897. The summed E-state index contributed by atoms with van der Waals surface area (Å²) in [4.78, 5) is 0. The molecule has 0 aliphatic heterocycles. The van der Waals surface area contributed by atoms with Crippen LogP contribution in [0.2, 0.25) is 0 Å². The third-order valence-corrected chi connectivity index (χ3v) is 6.77. The van der Waals surface area contributed by atoms with Gasteiger partial charge in [-0.25, -0.2) is 0 Å². The van der Waals surface area contributed by atoms with Crippen LogP contribution in [0.1, 0.15) is 77.5 Å². The van der Waals surface area contributed by atoms with Gasteiger partial charge in [-0.05, 0) is 98.1 Å². The Hall–Kier alpha value is -3.64. The minimum absolute atomic E-state index is 1.01. The molecule has 0 radical (unpaired) electrons. The van der Waals surface area contributed by atoms with Crippen molar-refractivity contribution in [2.45, 2.75) is 67.7 Å². The largest absolute Gasteiger partial charge is 0.0769 e. The van der Waals surface area contributed by atoms with Gasteiger partial charge in [-0.3, -0.25) is 0 Å². The molecule has 196 valence electrons. The molecule has 0 atom stereocenters. The monoisotopic (exact) mass is 500 g/mol. The SMILES string of the molecule is CC/C=C(C=C(C)C)/C(/C=C(\C=C(/C)c1ccc(-c2ccc(C)cc2)cc1)c1ccccc1)=C(\C)CCC. The average molecular weight is 501 g/mol. The molecule has 0 bridgehead atoms. The molecule has 0 heterocycles. The number of allylic oxidation sites excluding steroid dienone is 10. The lowest BCUT2D eigenvalue weighted by Crippen LogP contribution is -1.94. The Morgan fingerprint density at radius 2 is 1.26 bits per heavy atom. The smallest absolute Gasteiger partial charge is 0.0175 e. The van der Waals surface area contributed by atoms with Crippen molar-refractivity contribution < 1.29 is 0 Å². The van der Waals surface area contributed by atoms with Crippen LogP contribution in [0.25, 0.3) is 22.3 Å². The summed E-state index contributed by atoms with van der Waals surface area (Å²) in [6, 6.07) is 28.5. The van der Waals surface area contributed by atoms with E-state index in [9.17, 15) is 0 Å². The van der Waals surface area contributed by atoms with E-state index in [1.807, 2.05) is 0 Å². The fourth-order valence-electron chi connectivity index (χ4n) is 4.72. The topological polar surface area (TPSA) is 0 Å². The molecule has 0 unspecified atom stereocenters. The molecule has 0 spiro atoms. The Balaban J connectivity index is 2.11. The maximum Gasteiger partial charge on any atom is -0.0175 e. The highest BCUT2D eigenvalue weighted by molar-refractivity contribution is 5.85. The highest BCUT2D eigenvalue weighted by Gasteiger charge is 2.09. The van der Waals surface area contributed by atoms with Crippen LogP contribution in [0, 0.1) is 6.92 Å². The van der Waals surface area contributed by atoms with E-state index in [2.05, 4.69) is 152 Å². The van der Waals surface area contributed by atoms with Gasteiger partial charge in [0.15, 0.2) is 0 Å². The standard InChI is InChI=1S/C38H44/c1-8-13-30(6)38(36(14-9-2)25-28(3)4)27-37(33-15-11-10-12-16-33)26-31(7)32-21-23-35(24-22-32)34-19-17-29(5)18-20-34/h10-12,14-27H,8-9,13H2,1-7H3/b31-26+,36-14+,37-27+,38-30+. The van der Waals surface area contributed by atoms with Crippen molar-refractivity contribution >= 4 is 11.1 Å². The first-order chi connectivity index (χ1) is 18.3. The van der Waals surface area contributed by atoms with Gasteiger partial charge in [-0.1, -0.05) is 134 Å². The molecule has 0 heteroatoms. The quantitative estimate of drug-likeness (QED) is 0.243. The molecule has 38 heavy (non-hydrogen) atoms. The molecule has 0 saturated heterocycles. The summed E-state index contributed by atoms with van der Waals surface area (Å²) in [5, 5.41) is 0. The van der Waals surface area contributed by atoms with Crippen molar-refractivity contribution in [1.29, 1.82) is 0 Å². The molecular weight excluding hydrogens is 456 g/mol. The summed E-state index contributed by atoms with van der Waals surface area (Å²) in [7, 11) is 0. The van der Waals surface area contributed by atoms with Gasteiger partial charge in [0.1, 0.15) is 0 Å². The van der Waals surface area contributed by atoms with E-state index < -0.39 is 0 Å². The normalized spacial score (nSPS) is 13.3. The Morgan fingerprint density at radius 3 is 1.82 bits per heavy atom. The van der Waals surface area contributed by atoms with Crippen LogP contribution in [0.5, 0.6) is 0 Å². The molecule has 0 fully saturated rings. The van der Waals surface area contributed by atoms with Crippen LogP contribution in [0.15, 0.2) is 125 Å². The molecule has 3 aromatic carbocycles. The zero-order valence-electron chi connectivity index (χ0n) is 24.4. The van der Waals surface area contributed by atoms with Gasteiger partial charge in [0.2, 0.25) is 0 Å². The lowest BCUT2D eigenvalue weighted by atomic mass is 9.91. The Labute approximate surface area is 231 Å². The second-order valence-electron chi connectivity index (χ2n) is 10.5. The van der Waals surface area contributed by atoms with Gasteiger partial charge in [0.25, 0.3) is 0 Å². The van der Waals surface area contributed by atoms with E-state index in [0.717, 1.165) is 19.3 Å². The molecule has 0 N–H and O–H groups in total. The fraction of sp³-hybridized carbons (Fsp3) is 0.263. The first kappa shape index (κ1) is 28.9. The summed E-state index contributed by atoms with van der Waals surface area (Å²) in [6.07, 6.45) is 12.7. The lowest BCUT2D eigenvalue weighted by Gasteiger charge is -2.14. The highest BCUT2D eigenvalue weighted by atomic mass is 14.1. The number of hydrogen-bond acceptors (Lipinski definition) is 0. The maximum atomic E-state index is 2.41. The first-order valence-electron chi connectivity index (χ1n) is 14.0. The van der Waals surface area contributed by atoms with Gasteiger partial charge in [-0.2, -0.15) is 0 Å². The third-order valence-electron chi connectivity index (χ3n) is 6.77. The zero-order valence-corrected chi connectivity index (χ0v) is 24.4. The summed E-state index contributed by atoms with van der Waals surface area (Å²) in [5.41, 5.74) is 14.2. The van der Waals surface area contributed by atoms with Crippen LogP contribution in [0.4, 0.5) is 0 Å². The molecule has 0 nitrogen and oxygen atoms in total. The molecule has 0 amide bonds. The summed E-state index contributed by atoms with van der Waals surface area (Å²) in [5.74, 6) is 0. The first-order valence-corrected chi connectivity index (χ1v) is 14.0. The third kappa shape index (κ3) is 8.18. The molecular formula is C38H44. The van der Waals surface area contributed by atoms with Crippen LogP contribution >= 0.6 is 0 Å². The van der Waals surface area contributed by atoms with Crippen molar-refractivity contribution in [2.75, 3.05) is 0 Å². The highest BCUT2D eigenvalue weighted by Crippen LogP contribution is 2.30. The maximum absolute atomic E-state index is 2.41. The van der Waals surface area contributed by atoms with Gasteiger partial charge in [0.05, 0.1) is 0 Å². The molecule has 0 aliphatic carbocycles. The van der Waals surface area contributed by atoms with Crippen LogP contribution < -0.4 is 0 Å². The Morgan fingerprint density at radius 1 is 0.658 bits per heavy atom. The molecule has 3 aromatic rings. The predicted molar refractivity (Wildman–Crippen MR) is 170 cm³/mol. The van der Waals surface area contributed by atoms with Gasteiger partial charge >= 0.3 is 0 Å². The fourth-order valence-corrected chi connectivity index (χ4v) is 4.72. The average Bonchev–Trinajstić information content (AvgIpc) is 2.91. The minimum Gasteiger partial charge on any atom is -0.0769 e. The van der Waals surface area contributed by atoms with E-state index >= 15 is 0 Å². The Bertz CT molecular complexity index is 1330. The number of rotatable bonds is 10. The second-order valence-corrected chi connectivity index (χ2v) is 10.5. The van der Waals surface area contributed by atoms with Gasteiger partial charge in [-0.15, -0.1) is 0 Å². The van der Waals surface area contributed by atoms with Crippen molar-refractivity contribution in [3.05, 3.63) is 142 Å². The van der Waals surface area contributed by atoms with E-state index in [4.69, 9.17) is 0 Å². The van der Waals surface area contributed by atoms with Crippen molar-refractivity contribution in [1.82, 2.24) is 0 Å². The van der Waals surface area contributed by atoms with Crippen molar-refractivity contribution in [3.63, 3.8) is 0 Å². The van der Waals surface area contributed by atoms with E-state index in [1.165, 1.54) is 61.3 Å². The summed E-state index contributed by atoms with van der Waals surface area (Å²) < 4.78 is 0. The van der Waals surface area contributed by atoms with E-state index in [1.54, 1.807) is 0 Å². The van der Waals surface area contributed by atoms with Crippen LogP contribution in [-0.4, -0.2) is 0 Å². The summed E-state index contributed by atoms with van der Waals surface area (Å²) in [6.45, 7) is 15.5. The number of benzene rings is 3. The molecule has 0 saturated carbocycles. The molecule has 0 aromatic heterocycles. The van der Waals surface area contributed by atoms with E-state index in [0.29, 0.717) is 0 Å². The van der Waals surface area contributed by atoms with E-state index in [-0.39, 0.29) is 0 Å². The second kappa shape index (κ2) is 14.3. The molecule has 0 aliphatic rings. The Kier molecular flexibility index (Phi) is 10.9. The zero-order chi connectivity index (χ0) is 27.5. The molecule has 3 rings (SSSR count). The predicted octanol–water partition coefficient (Wildman–Crippen LogP) is 11.6. The summed E-state index contributed by atoms with van der Waals surface area (Å²) >= 11 is 0. The number of hydrogen-bond donors (Lipinski definition) is 0. The van der Waals surface area contributed by atoms with Crippen LogP contribution in [0.3, 0.4) is 0 Å².